The molecular weight excluding hydrogens is 318 g/mol. The van der Waals surface area contributed by atoms with Crippen molar-refractivity contribution in [3.05, 3.63) is 54.1 Å². The van der Waals surface area contributed by atoms with Gasteiger partial charge in [0.05, 0.1) is 6.61 Å². The predicted octanol–water partition coefficient (Wildman–Crippen LogP) is 3.73. The van der Waals surface area contributed by atoms with Crippen LogP contribution in [0.15, 0.2) is 48.5 Å². The fraction of sp³-hybridized carbons (Fsp3) is 0.263. The topological polar surface area (TPSA) is 79.5 Å². The smallest absolute Gasteiger partial charge is 0.318 e. The standard InChI is InChI=1S/C19H23N3O3/c1-13(2)12-25-17-6-4-5-14(11-17)18(23)21-15-7-9-16(10-8-15)22-19(24)20-3/h4-11,13H,12H2,1-3H3,(H,21,23)(H2,20,22,24). The molecule has 6 nitrogen and oxygen atoms in total. The number of carbonyl (C=O) groups excluding carboxylic acids is 2. The second-order valence-electron chi connectivity index (χ2n) is 5.97. The van der Waals surface area contributed by atoms with E-state index >= 15 is 0 Å². The molecule has 6 heteroatoms. The molecule has 0 saturated carbocycles. The molecule has 132 valence electrons. The molecule has 0 bridgehead atoms. The van der Waals surface area contributed by atoms with Gasteiger partial charge in [-0.2, -0.15) is 0 Å². The summed E-state index contributed by atoms with van der Waals surface area (Å²) in [5.74, 6) is 0.868. The number of benzene rings is 2. The monoisotopic (exact) mass is 341 g/mol. The largest absolute Gasteiger partial charge is 0.493 e. The highest BCUT2D eigenvalue weighted by Gasteiger charge is 2.08. The molecule has 0 saturated heterocycles. The highest BCUT2D eigenvalue weighted by Crippen LogP contribution is 2.17. The predicted molar refractivity (Wildman–Crippen MR) is 99.2 cm³/mol. The van der Waals surface area contributed by atoms with Crippen molar-refractivity contribution >= 4 is 23.3 Å². The molecule has 0 fully saturated rings. The Balaban J connectivity index is 1.99. The van der Waals surface area contributed by atoms with E-state index in [4.69, 9.17) is 4.74 Å². The minimum Gasteiger partial charge on any atom is -0.493 e. The Hall–Kier alpha value is -3.02. The highest BCUT2D eigenvalue weighted by atomic mass is 16.5. The third-order valence-electron chi connectivity index (χ3n) is 3.31. The van der Waals surface area contributed by atoms with E-state index < -0.39 is 0 Å². The van der Waals surface area contributed by atoms with E-state index in [-0.39, 0.29) is 11.9 Å². The summed E-state index contributed by atoms with van der Waals surface area (Å²) in [5, 5.41) is 7.95. The van der Waals surface area contributed by atoms with Crippen LogP contribution in [0.2, 0.25) is 0 Å². The first-order valence-corrected chi connectivity index (χ1v) is 8.11. The van der Waals surface area contributed by atoms with Gasteiger partial charge in [-0.3, -0.25) is 4.79 Å². The third-order valence-corrected chi connectivity index (χ3v) is 3.31. The Morgan fingerprint density at radius 3 is 2.24 bits per heavy atom. The van der Waals surface area contributed by atoms with Crippen molar-refractivity contribution in [1.29, 1.82) is 0 Å². The van der Waals surface area contributed by atoms with Crippen LogP contribution in [-0.4, -0.2) is 25.6 Å². The molecule has 3 amide bonds. The Bertz CT molecular complexity index is 727. The molecule has 0 heterocycles. The van der Waals surface area contributed by atoms with Crippen LogP contribution in [0.5, 0.6) is 5.75 Å². The molecule has 0 spiro atoms. The number of carbonyl (C=O) groups is 2. The van der Waals surface area contributed by atoms with Crippen molar-refractivity contribution < 1.29 is 14.3 Å². The lowest BCUT2D eigenvalue weighted by atomic mass is 10.2. The number of hydrogen-bond donors (Lipinski definition) is 3. The van der Waals surface area contributed by atoms with Crippen molar-refractivity contribution in [2.45, 2.75) is 13.8 Å². The first kappa shape index (κ1) is 18.3. The summed E-state index contributed by atoms with van der Waals surface area (Å²) in [4.78, 5) is 23.6. The molecule has 0 atom stereocenters. The van der Waals surface area contributed by atoms with Gasteiger partial charge in [-0.15, -0.1) is 0 Å². The van der Waals surface area contributed by atoms with E-state index in [1.807, 2.05) is 6.07 Å². The van der Waals surface area contributed by atoms with Gasteiger partial charge in [-0.05, 0) is 48.4 Å². The zero-order valence-corrected chi connectivity index (χ0v) is 14.6. The first-order chi connectivity index (χ1) is 12.0. The fourth-order valence-corrected chi connectivity index (χ4v) is 2.02. The molecule has 3 N–H and O–H groups in total. The molecule has 0 radical (unpaired) electrons. The van der Waals surface area contributed by atoms with Crippen molar-refractivity contribution in [3.8, 4) is 5.75 Å². The quantitative estimate of drug-likeness (QED) is 0.749. The van der Waals surface area contributed by atoms with Crippen LogP contribution in [0.25, 0.3) is 0 Å². The number of ether oxygens (including phenoxy) is 1. The number of urea groups is 1. The van der Waals surface area contributed by atoms with E-state index in [1.165, 1.54) is 0 Å². The first-order valence-electron chi connectivity index (χ1n) is 8.11. The zero-order valence-electron chi connectivity index (χ0n) is 14.6. The van der Waals surface area contributed by atoms with Gasteiger partial charge in [-0.25, -0.2) is 4.79 Å². The van der Waals surface area contributed by atoms with Gasteiger partial charge in [0.15, 0.2) is 0 Å². The highest BCUT2D eigenvalue weighted by molar-refractivity contribution is 6.04. The van der Waals surface area contributed by atoms with Crippen LogP contribution in [0.3, 0.4) is 0 Å². The normalized spacial score (nSPS) is 10.2. The van der Waals surface area contributed by atoms with E-state index in [1.54, 1.807) is 49.5 Å². The van der Waals surface area contributed by atoms with E-state index in [2.05, 4.69) is 29.8 Å². The second kappa shape index (κ2) is 8.73. The maximum atomic E-state index is 12.4. The van der Waals surface area contributed by atoms with Crippen molar-refractivity contribution in [1.82, 2.24) is 5.32 Å². The fourth-order valence-electron chi connectivity index (χ4n) is 2.02. The van der Waals surface area contributed by atoms with Crippen molar-refractivity contribution in [3.63, 3.8) is 0 Å². The Kier molecular flexibility index (Phi) is 6.39. The SMILES string of the molecule is CNC(=O)Nc1ccc(NC(=O)c2cccc(OCC(C)C)c2)cc1. The van der Waals surface area contributed by atoms with Gasteiger partial charge in [0, 0.05) is 24.0 Å². The Morgan fingerprint density at radius 2 is 1.64 bits per heavy atom. The summed E-state index contributed by atoms with van der Waals surface area (Å²) in [5.41, 5.74) is 1.80. The number of rotatable bonds is 6. The lowest BCUT2D eigenvalue weighted by molar-refractivity contribution is 0.102. The molecule has 0 aliphatic heterocycles. The van der Waals surface area contributed by atoms with Crippen LogP contribution in [0.1, 0.15) is 24.2 Å². The summed E-state index contributed by atoms with van der Waals surface area (Å²) < 4.78 is 5.65. The maximum Gasteiger partial charge on any atom is 0.318 e. The van der Waals surface area contributed by atoms with Crippen molar-refractivity contribution in [2.24, 2.45) is 5.92 Å². The molecular formula is C19H23N3O3. The minimum atomic E-state index is -0.296. The number of anilines is 2. The molecule has 0 unspecified atom stereocenters. The van der Waals surface area contributed by atoms with Crippen molar-refractivity contribution in [2.75, 3.05) is 24.3 Å². The van der Waals surface area contributed by atoms with Crippen LogP contribution >= 0.6 is 0 Å². The summed E-state index contributed by atoms with van der Waals surface area (Å²) in [7, 11) is 1.54. The lowest BCUT2D eigenvalue weighted by Gasteiger charge is -2.11. The summed E-state index contributed by atoms with van der Waals surface area (Å²) >= 11 is 0. The molecule has 25 heavy (non-hydrogen) atoms. The van der Waals surface area contributed by atoms with Gasteiger partial charge in [0.1, 0.15) is 5.75 Å². The van der Waals surface area contributed by atoms with Gasteiger partial charge in [0.25, 0.3) is 5.91 Å². The summed E-state index contributed by atoms with van der Waals surface area (Å²) in [6, 6.07) is 13.7. The van der Waals surface area contributed by atoms with Crippen LogP contribution in [0, 0.1) is 5.92 Å². The van der Waals surface area contributed by atoms with E-state index in [0.717, 1.165) is 0 Å². The minimum absolute atomic E-state index is 0.220. The Morgan fingerprint density at radius 1 is 1.00 bits per heavy atom. The number of amides is 3. The van der Waals surface area contributed by atoms with Crippen LogP contribution < -0.4 is 20.7 Å². The summed E-state index contributed by atoms with van der Waals surface area (Å²) in [6.07, 6.45) is 0. The zero-order chi connectivity index (χ0) is 18.2. The van der Waals surface area contributed by atoms with Crippen LogP contribution in [-0.2, 0) is 0 Å². The van der Waals surface area contributed by atoms with E-state index in [9.17, 15) is 9.59 Å². The number of hydrogen-bond acceptors (Lipinski definition) is 3. The van der Waals surface area contributed by atoms with Crippen LogP contribution in [0.4, 0.5) is 16.2 Å². The molecule has 2 aromatic rings. The lowest BCUT2D eigenvalue weighted by Crippen LogP contribution is -2.24. The molecule has 0 aliphatic carbocycles. The van der Waals surface area contributed by atoms with Gasteiger partial charge < -0.3 is 20.7 Å². The van der Waals surface area contributed by atoms with E-state index in [0.29, 0.717) is 35.2 Å². The molecule has 0 aliphatic rings. The second-order valence-corrected chi connectivity index (χ2v) is 5.97. The van der Waals surface area contributed by atoms with Gasteiger partial charge in [0.2, 0.25) is 0 Å². The molecule has 2 rings (SSSR count). The maximum absolute atomic E-state index is 12.4. The molecule has 2 aromatic carbocycles. The third kappa shape index (κ3) is 5.84. The summed E-state index contributed by atoms with van der Waals surface area (Å²) in [6.45, 7) is 4.74. The Labute approximate surface area is 147 Å². The average molecular weight is 341 g/mol. The molecule has 0 aromatic heterocycles. The van der Waals surface area contributed by atoms with Gasteiger partial charge in [-0.1, -0.05) is 19.9 Å². The number of nitrogens with one attached hydrogen (secondary N) is 3. The van der Waals surface area contributed by atoms with Gasteiger partial charge >= 0.3 is 6.03 Å². The average Bonchev–Trinajstić information content (AvgIpc) is 2.61.